The quantitative estimate of drug-likeness (QED) is 0.763. The molecule has 0 spiro atoms. The van der Waals surface area contributed by atoms with Gasteiger partial charge in [0.1, 0.15) is 5.69 Å². The minimum atomic E-state index is -0.344. The number of nitrogens with one attached hydrogen (secondary N) is 2. The third-order valence-electron chi connectivity index (χ3n) is 2.92. The molecule has 1 amide bonds. The molecule has 0 aliphatic carbocycles. The number of fused-ring (bicyclic) bond motifs is 1. The van der Waals surface area contributed by atoms with E-state index in [1.807, 2.05) is 13.0 Å². The first kappa shape index (κ1) is 13.3. The van der Waals surface area contributed by atoms with E-state index in [9.17, 15) is 9.59 Å². The predicted molar refractivity (Wildman–Crippen MR) is 73.2 cm³/mol. The Morgan fingerprint density at radius 3 is 2.89 bits per heavy atom. The Kier molecular flexibility index (Phi) is 3.97. The van der Waals surface area contributed by atoms with Gasteiger partial charge in [0, 0.05) is 18.5 Å². The number of rotatable bonds is 4. The fraction of sp³-hybridized carbons (Fsp3) is 0.286. The molecule has 2 aromatic rings. The number of carbonyl (C=O) groups is 1. The van der Waals surface area contributed by atoms with E-state index < -0.39 is 0 Å². The van der Waals surface area contributed by atoms with E-state index in [-0.39, 0.29) is 29.7 Å². The van der Waals surface area contributed by atoms with Crippen molar-refractivity contribution in [3.05, 3.63) is 46.4 Å². The Balaban J connectivity index is 2.25. The lowest BCUT2D eigenvalue weighted by molar-refractivity contribution is 0.0937. The molecule has 100 valence electrons. The van der Waals surface area contributed by atoms with Gasteiger partial charge in [0.25, 0.3) is 11.5 Å². The first-order valence-electron chi connectivity index (χ1n) is 6.13. The van der Waals surface area contributed by atoms with Crippen molar-refractivity contribution >= 4 is 16.7 Å². The molecule has 1 heterocycles. The number of hydrogen-bond donors (Lipinski definition) is 3. The topological polar surface area (TPSA) is 82.2 Å². The van der Waals surface area contributed by atoms with Crippen LogP contribution in [0.4, 0.5) is 0 Å². The van der Waals surface area contributed by atoms with Gasteiger partial charge in [0.15, 0.2) is 0 Å². The molecule has 0 fully saturated rings. The van der Waals surface area contributed by atoms with Gasteiger partial charge in [-0.05, 0) is 23.4 Å². The van der Waals surface area contributed by atoms with Crippen molar-refractivity contribution in [2.45, 2.75) is 6.92 Å². The summed E-state index contributed by atoms with van der Waals surface area (Å²) in [6.07, 6.45) is 0. The normalized spacial score (nSPS) is 12.3. The number of H-pyrrole nitrogens is 1. The second-order valence-corrected chi connectivity index (χ2v) is 4.60. The highest BCUT2D eigenvalue weighted by molar-refractivity contribution is 5.96. The summed E-state index contributed by atoms with van der Waals surface area (Å²) in [7, 11) is 0. The van der Waals surface area contributed by atoms with E-state index in [1.165, 1.54) is 0 Å². The first-order chi connectivity index (χ1) is 9.11. The minimum Gasteiger partial charge on any atom is -0.396 e. The maximum atomic E-state index is 11.9. The molecule has 1 unspecified atom stereocenters. The van der Waals surface area contributed by atoms with Crippen LogP contribution < -0.4 is 10.9 Å². The molecule has 0 saturated heterocycles. The van der Waals surface area contributed by atoms with Gasteiger partial charge in [0.2, 0.25) is 0 Å². The largest absolute Gasteiger partial charge is 0.396 e. The molecule has 5 heteroatoms. The molecule has 0 saturated carbocycles. The second-order valence-electron chi connectivity index (χ2n) is 4.60. The number of amides is 1. The van der Waals surface area contributed by atoms with E-state index in [0.29, 0.717) is 11.9 Å². The van der Waals surface area contributed by atoms with Crippen molar-refractivity contribution in [1.82, 2.24) is 10.3 Å². The predicted octanol–water partition coefficient (Wildman–Crippen LogP) is 0.886. The van der Waals surface area contributed by atoms with E-state index >= 15 is 0 Å². The molecule has 0 aliphatic heterocycles. The molecule has 3 N–H and O–H groups in total. The molecule has 5 nitrogen and oxygen atoms in total. The average molecular weight is 260 g/mol. The van der Waals surface area contributed by atoms with Crippen LogP contribution in [-0.4, -0.2) is 29.1 Å². The zero-order valence-corrected chi connectivity index (χ0v) is 10.6. The second kappa shape index (κ2) is 5.67. The Morgan fingerprint density at radius 1 is 1.42 bits per heavy atom. The fourth-order valence-electron chi connectivity index (χ4n) is 1.76. The maximum absolute atomic E-state index is 11.9. The number of carbonyl (C=O) groups excluding carboxylic acids is 1. The Morgan fingerprint density at radius 2 is 2.16 bits per heavy atom. The summed E-state index contributed by atoms with van der Waals surface area (Å²) in [4.78, 5) is 26.3. The highest BCUT2D eigenvalue weighted by Crippen LogP contribution is 2.09. The maximum Gasteiger partial charge on any atom is 0.267 e. The van der Waals surface area contributed by atoms with E-state index in [2.05, 4.69) is 10.3 Å². The van der Waals surface area contributed by atoms with Gasteiger partial charge in [0.05, 0.1) is 0 Å². The van der Waals surface area contributed by atoms with Gasteiger partial charge in [-0.15, -0.1) is 0 Å². The minimum absolute atomic E-state index is 0.00845. The highest BCUT2D eigenvalue weighted by atomic mass is 16.3. The Hall–Kier alpha value is -2.14. The first-order valence-corrected chi connectivity index (χ1v) is 6.13. The molecular weight excluding hydrogens is 244 g/mol. The molecule has 1 aromatic carbocycles. The molecule has 2 rings (SSSR count). The molecule has 19 heavy (non-hydrogen) atoms. The highest BCUT2D eigenvalue weighted by Gasteiger charge is 2.10. The van der Waals surface area contributed by atoms with Crippen molar-refractivity contribution in [3.8, 4) is 0 Å². The third kappa shape index (κ3) is 3.00. The van der Waals surface area contributed by atoms with Crippen LogP contribution in [0, 0.1) is 5.92 Å². The molecular formula is C14H16N2O3. The van der Waals surface area contributed by atoms with Gasteiger partial charge >= 0.3 is 0 Å². The molecule has 0 aliphatic rings. The SMILES string of the molecule is CC(CO)CNC(=O)c1cc2ccccc2c(=O)[nH]1. The van der Waals surface area contributed by atoms with Crippen LogP contribution in [-0.2, 0) is 0 Å². The summed E-state index contributed by atoms with van der Waals surface area (Å²) in [6.45, 7) is 2.20. The van der Waals surface area contributed by atoms with Gasteiger partial charge < -0.3 is 15.4 Å². The van der Waals surface area contributed by atoms with E-state index in [1.54, 1.807) is 24.3 Å². The zero-order chi connectivity index (χ0) is 13.8. The Bertz CT molecular complexity index is 648. The number of benzene rings is 1. The molecule has 1 aromatic heterocycles. The summed E-state index contributed by atoms with van der Waals surface area (Å²) in [5.41, 5.74) is -0.0488. The van der Waals surface area contributed by atoms with Gasteiger partial charge in [-0.1, -0.05) is 25.1 Å². The third-order valence-corrected chi connectivity index (χ3v) is 2.92. The number of hydrogen-bond acceptors (Lipinski definition) is 3. The van der Waals surface area contributed by atoms with E-state index in [4.69, 9.17) is 5.11 Å². The van der Waals surface area contributed by atoms with Crippen LogP contribution in [0.2, 0.25) is 0 Å². The lowest BCUT2D eigenvalue weighted by Crippen LogP contribution is -2.31. The molecule has 0 bridgehead atoms. The van der Waals surface area contributed by atoms with Crippen molar-refractivity contribution < 1.29 is 9.90 Å². The van der Waals surface area contributed by atoms with Crippen LogP contribution in [0.25, 0.3) is 10.8 Å². The molecule has 0 radical (unpaired) electrons. The number of aromatic amines is 1. The van der Waals surface area contributed by atoms with E-state index in [0.717, 1.165) is 5.39 Å². The summed E-state index contributed by atoms with van der Waals surface area (Å²) < 4.78 is 0. The van der Waals surface area contributed by atoms with Crippen LogP contribution >= 0.6 is 0 Å². The van der Waals surface area contributed by atoms with Crippen LogP contribution in [0.5, 0.6) is 0 Å². The van der Waals surface area contributed by atoms with Crippen molar-refractivity contribution in [3.63, 3.8) is 0 Å². The number of aliphatic hydroxyl groups is 1. The zero-order valence-electron chi connectivity index (χ0n) is 10.6. The summed E-state index contributed by atoms with van der Waals surface area (Å²) >= 11 is 0. The van der Waals surface area contributed by atoms with Gasteiger partial charge in [-0.2, -0.15) is 0 Å². The average Bonchev–Trinajstić information content (AvgIpc) is 2.44. The smallest absolute Gasteiger partial charge is 0.267 e. The van der Waals surface area contributed by atoms with Crippen LogP contribution in [0.3, 0.4) is 0 Å². The van der Waals surface area contributed by atoms with Gasteiger partial charge in [-0.3, -0.25) is 9.59 Å². The standard InChI is InChI=1S/C14H16N2O3/c1-9(8-17)7-15-14(19)12-6-10-4-2-3-5-11(10)13(18)16-12/h2-6,9,17H,7-8H2,1H3,(H,15,19)(H,16,18). The van der Waals surface area contributed by atoms with Crippen LogP contribution in [0.1, 0.15) is 17.4 Å². The summed E-state index contributed by atoms with van der Waals surface area (Å²) in [5, 5.41) is 12.9. The lowest BCUT2D eigenvalue weighted by Gasteiger charge is -2.09. The van der Waals surface area contributed by atoms with Gasteiger partial charge in [-0.25, -0.2) is 0 Å². The van der Waals surface area contributed by atoms with Crippen molar-refractivity contribution in [2.75, 3.05) is 13.2 Å². The number of aliphatic hydroxyl groups excluding tert-OH is 1. The monoisotopic (exact) mass is 260 g/mol. The number of pyridine rings is 1. The lowest BCUT2D eigenvalue weighted by atomic mass is 10.1. The summed E-state index contributed by atoms with van der Waals surface area (Å²) in [5.74, 6) is -0.362. The summed E-state index contributed by atoms with van der Waals surface area (Å²) in [6, 6.07) is 8.74. The van der Waals surface area contributed by atoms with Crippen molar-refractivity contribution in [1.29, 1.82) is 0 Å². The fourth-order valence-corrected chi connectivity index (χ4v) is 1.76. The van der Waals surface area contributed by atoms with Crippen molar-refractivity contribution in [2.24, 2.45) is 5.92 Å². The molecule has 1 atom stereocenters. The Labute approximate surface area is 110 Å². The van der Waals surface area contributed by atoms with Crippen LogP contribution in [0.15, 0.2) is 35.1 Å². The number of aromatic nitrogens is 1.